The number of halogens is 2. The van der Waals surface area contributed by atoms with Crippen LogP contribution < -0.4 is 20.4 Å². The highest BCUT2D eigenvalue weighted by Crippen LogP contribution is 2.42. The van der Waals surface area contributed by atoms with E-state index in [2.05, 4.69) is 33.5 Å². The van der Waals surface area contributed by atoms with E-state index in [1.807, 2.05) is 19.0 Å². The van der Waals surface area contributed by atoms with Crippen molar-refractivity contribution in [1.29, 1.82) is 0 Å². The maximum Gasteiger partial charge on any atom is 0.234 e. The lowest BCUT2D eigenvalue weighted by atomic mass is 9.98. The van der Waals surface area contributed by atoms with Crippen LogP contribution in [0.3, 0.4) is 0 Å². The van der Waals surface area contributed by atoms with Crippen LogP contribution in [0.25, 0.3) is 0 Å². The molecule has 0 radical (unpaired) electrons. The Hall–Kier alpha value is -1.31. The zero-order valence-electron chi connectivity index (χ0n) is 16.6. The van der Waals surface area contributed by atoms with Gasteiger partial charge in [0.15, 0.2) is 0 Å². The molecule has 27 heavy (non-hydrogen) atoms. The van der Waals surface area contributed by atoms with Gasteiger partial charge in [-0.05, 0) is 32.2 Å². The molecule has 1 aliphatic heterocycles. The fourth-order valence-electron chi connectivity index (χ4n) is 3.60. The summed E-state index contributed by atoms with van der Waals surface area (Å²) in [5, 5.41) is 6.15. The van der Waals surface area contributed by atoms with Gasteiger partial charge in [-0.25, -0.2) is 4.98 Å². The van der Waals surface area contributed by atoms with Gasteiger partial charge >= 0.3 is 0 Å². The van der Waals surface area contributed by atoms with Gasteiger partial charge in [0.1, 0.15) is 5.82 Å². The van der Waals surface area contributed by atoms with Crippen molar-refractivity contribution < 1.29 is 4.79 Å². The van der Waals surface area contributed by atoms with Crippen LogP contribution in [0, 0.1) is 11.8 Å². The predicted molar refractivity (Wildman–Crippen MR) is 115 cm³/mol. The Morgan fingerprint density at radius 3 is 2.52 bits per heavy atom. The Morgan fingerprint density at radius 1 is 1.26 bits per heavy atom. The van der Waals surface area contributed by atoms with Crippen molar-refractivity contribution in [3.8, 4) is 0 Å². The highest BCUT2D eigenvalue weighted by Gasteiger charge is 2.43. The number of likely N-dealkylation sites (N-methyl/N-ethyl adjacent to an activating group) is 1. The fourth-order valence-corrected chi connectivity index (χ4v) is 3.60. The van der Waals surface area contributed by atoms with Crippen LogP contribution in [0.1, 0.15) is 25.5 Å². The molecule has 1 saturated carbocycles. The third-order valence-electron chi connectivity index (χ3n) is 5.12. The first kappa shape index (κ1) is 23.7. The van der Waals surface area contributed by atoms with Gasteiger partial charge in [0.05, 0.1) is 12.6 Å². The number of hydrogen-bond acceptors (Lipinski definition) is 6. The molecule has 154 valence electrons. The molecular weight excluding hydrogens is 387 g/mol. The maximum absolute atomic E-state index is 12.1. The van der Waals surface area contributed by atoms with Gasteiger partial charge in [0.25, 0.3) is 0 Å². The van der Waals surface area contributed by atoms with Gasteiger partial charge in [-0.1, -0.05) is 6.92 Å². The Bertz CT molecular complexity index is 626. The molecule has 0 bridgehead atoms. The van der Waals surface area contributed by atoms with Crippen molar-refractivity contribution in [3.63, 3.8) is 0 Å². The molecular formula is C18H32Cl2N6O. The minimum atomic E-state index is 0. The van der Waals surface area contributed by atoms with Gasteiger partial charge in [-0.2, -0.15) is 4.98 Å². The number of anilines is 2. The summed E-state index contributed by atoms with van der Waals surface area (Å²) < 4.78 is 0. The van der Waals surface area contributed by atoms with Crippen LogP contribution in [0.5, 0.6) is 0 Å². The van der Waals surface area contributed by atoms with Crippen LogP contribution in [-0.2, 0) is 11.2 Å². The summed E-state index contributed by atoms with van der Waals surface area (Å²) in [5.74, 6) is 3.06. The van der Waals surface area contributed by atoms with Crippen LogP contribution >= 0.6 is 24.8 Å². The monoisotopic (exact) mass is 418 g/mol. The largest absolute Gasteiger partial charge is 0.354 e. The topological polar surface area (TPSA) is 73.4 Å². The van der Waals surface area contributed by atoms with Crippen LogP contribution in [-0.4, -0.2) is 62.7 Å². The molecule has 2 heterocycles. The Morgan fingerprint density at radius 2 is 1.96 bits per heavy atom. The standard InChI is InChI=1S/C18H30N6O.2ClH/c1-5-13-8-16(22-18(20-13)23(3)4)24-10-14(12-6-7-12)15(11-24)21-17(25)9-19-2;;/h8,12,14-15,19H,5-7,9-11H2,1-4H3,(H,21,25);2*1H/t14-,15+;;/m1../s1. The third kappa shape index (κ3) is 5.83. The summed E-state index contributed by atoms with van der Waals surface area (Å²) in [6.07, 6.45) is 3.45. The molecule has 2 fully saturated rings. The lowest BCUT2D eigenvalue weighted by molar-refractivity contribution is -0.121. The number of carbonyl (C=O) groups excluding carboxylic acids is 1. The molecule has 2 N–H and O–H groups in total. The number of hydrogen-bond donors (Lipinski definition) is 2. The number of aromatic nitrogens is 2. The van der Waals surface area contributed by atoms with Crippen LogP contribution in [0.2, 0.25) is 0 Å². The zero-order chi connectivity index (χ0) is 18.0. The smallest absolute Gasteiger partial charge is 0.234 e. The van der Waals surface area contributed by atoms with E-state index in [4.69, 9.17) is 4.98 Å². The molecule has 1 amide bonds. The van der Waals surface area contributed by atoms with Gasteiger partial charge in [0.2, 0.25) is 11.9 Å². The summed E-state index contributed by atoms with van der Waals surface area (Å²) >= 11 is 0. The number of rotatable bonds is 7. The number of nitrogens with zero attached hydrogens (tertiary/aromatic N) is 4. The van der Waals surface area contributed by atoms with E-state index in [-0.39, 0.29) is 36.8 Å². The van der Waals surface area contributed by atoms with E-state index in [0.717, 1.165) is 42.9 Å². The van der Waals surface area contributed by atoms with E-state index in [9.17, 15) is 4.79 Å². The SMILES string of the molecule is CCc1cc(N2C[C@H](NC(=O)CNC)[C@@H](C3CC3)C2)nc(N(C)C)n1.Cl.Cl. The molecule has 2 atom stereocenters. The normalized spacial score (nSPS) is 21.3. The number of nitrogens with one attached hydrogen (secondary N) is 2. The molecule has 9 heteroatoms. The lowest BCUT2D eigenvalue weighted by Gasteiger charge is -2.21. The minimum absolute atomic E-state index is 0. The fraction of sp³-hybridized carbons (Fsp3) is 0.722. The van der Waals surface area contributed by atoms with E-state index < -0.39 is 0 Å². The summed E-state index contributed by atoms with van der Waals surface area (Å²) in [6.45, 7) is 4.27. The summed E-state index contributed by atoms with van der Waals surface area (Å²) in [5.41, 5.74) is 1.05. The van der Waals surface area contributed by atoms with E-state index in [1.165, 1.54) is 12.8 Å². The molecule has 3 rings (SSSR count). The van der Waals surface area contributed by atoms with Gasteiger partial charge < -0.3 is 20.4 Å². The average Bonchev–Trinajstić information content (AvgIpc) is 3.35. The molecule has 1 saturated heterocycles. The van der Waals surface area contributed by atoms with Gasteiger partial charge in [-0.15, -0.1) is 24.8 Å². The Balaban J connectivity index is 0.00000182. The summed E-state index contributed by atoms with van der Waals surface area (Å²) in [4.78, 5) is 25.7. The van der Waals surface area contributed by atoms with Crippen molar-refractivity contribution in [2.75, 3.05) is 50.6 Å². The average molecular weight is 419 g/mol. The molecule has 0 aromatic carbocycles. The lowest BCUT2D eigenvalue weighted by Crippen LogP contribution is -2.44. The number of carbonyl (C=O) groups is 1. The van der Waals surface area contributed by atoms with Crippen molar-refractivity contribution in [2.24, 2.45) is 11.8 Å². The molecule has 2 aliphatic rings. The first-order valence-electron chi connectivity index (χ1n) is 9.26. The van der Waals surface area contributed by atoms with Crippen molar-refractivity contribution >= 4 is 42.5 Å². The highest BCUT2D eigenvalue weighted by molar-refractivity contribution is 5.85. The summed E-state index contributed by atoms with van der Waals surface area (Å²) in [7, 11) is 5.74. The maximum atomic E-state index is 12.1. The second kappa shape index (κ2) is 10.3. The van der Waals surface area contributed by atoms with Crippen molar-refractivity contribution in [1.82, 2.24) is 20.6 Å². The Labute approximate surface area is 174 Å². The Kier molecular flexibility index (Phi) is 9.05. The molecule has 0 unspecified atom stereocenters. The van der Waals surface area contributed by atoms with E-state index in [1.54, 1.807) is 7.05 Å². The van der Waals surface area contributed by atoms with Gasteiger partial charge in [-0.3, -0.25) is 4.79 Å². The van der Waals surface area contributed by atoms with Crippen molar-refractivity contribution in [2.45, 2.75) is 32.2 Å². The minimum Gasteiger partial charge on any atom is -0.354 e. The highest BCUT2D eigenvalue weighted by atomic mass is 35.5. The first-order chi connectivity index (χ1) is 12.0. The number of aryl methyl sites for hydroxylation is 1. The second-order valence-corrected chi connectivity index (χ2v) is 7.38. The zero-order valence-corrected chi connectivity index (χ0v) is 18.2. The van der Waals surface area contributed by atoms with E-state index in [0.29, 0.717) is 12.5 Å². The molecule has 7 nitrogen and oxygen atoms in total. The molecule has 0 spiro atoms. The second-order valence-electron chi connectivity index (χ2n) is 7.38. The van der Waals surface area contributed by atoms with Crippen LogP contribution in [0.15, 0.2) is 6.07 Å². The quantitative estimate of drug-likeness (QED) is 0.698. The number of amides is 1. The van der Waals surface area contributed by atoms with Crippen LogP contribution in [0.4, 0.5) is 11.8 Å². The summed E-state index contributed by atoms with van der Waals surface area (Å²) in [6, 6.07) is 2.30. The molecule has 1 aromatic heterocycles. The van der Waals surface area contributed by atoms with Gasteiger partial charge in [0, 0.05) is 44.9 Å². The van der Waals surface area contributed by atoms with E-state index >= 15 is 0 Å². The predicted octanol–water partition coefficient (Wildman–Crippen LogP) is 1.50. The first-order valence-corrected chi connectivity index (χ1v) is 9.26. The molecule has 1 aliphatic carbocycles. The third-order valence-corrected chi connectivity index (χ3v) is 5.12. The van der Waals surface area contributed by atoms with Crippen molar-refractivity contribution in [3.05, 3.63) is 11.8 Å². The molecule has 1 aromatic rings.